The Morgan fingerprint density at radius 3 is 2.96 bits per heavy atom. The van der Waals surface area contributed by atoms with E-state index in [0.717, 1.165) is 12.1 Å². The lowest BCUT2D eigenvalue weighted by molar-refractivity contribution is -0.0930. The lowest BCUT2D eigenvalue weighted by Gasteiger charge is -2.35. The Bertz CT molecular complexity index is 740. The molecule has 2 aromatic rings. The first-order valence-corrected chi connectivity index (χ1v) is 7.41. The summed E-state index contributed by atoms with van der Waals surface area (Å²) in [6.45, 7) is 5.69. The maximum Gasteiger partial charge on any atom is 0.257 e. The van der Waals surface area contributed by atoms with E-state index in [4.69, 9.17) is 14.5 Å². The third-order valence-electron chi connectivity index (χ3n) is 3.71. The molecule has 1 saturated heterocycles. The quantitative estimate of drug-likeness (QED) is 0.865. The van der Waals surface area contributed by atoms with E-state index in [1.807, 2.05) is 13.0 Å². The van der Waals surface area contributed by atoms with Crippen molar-refractivity contribution < 1.29 is 13.7 Å². The van der Waals surface area contributed by atoms with Crippen molar-refractivity contribution in [2.75, 3.05) is 13.1 Å². The highest BCUT2D eigenvalue weighted by Crippen LogP contribution is 2.25. The number of aryl methyl sites for hydroxylation is 1. The third-order valence-corrected chi connectivity index (χ3v) is 3.71. The summed E-state index contributed by atoms with van der Waals surface area (Å²) in [7, 11) is 0. The summed E-state index contributed by atoms with van der Waals surface area (Å²) in [5.41, 5.74) is 0.949. The molecule has 1 aliphatic heterocycles. The summed E-state index contributed by atoms with van der Waals surface area (Å²) in [6, 6.07) is 6.48. The zero-order valence-electron chi connectivity index (χ0n) is 13.0. The Labute approximate surface area is 133 Å². The maximum atomic E-state index is 13.4. The standard InChI is InChI=1S/C16H17FN4O2/c1-10-7-21(8-12-3-4-14(17)13(5-12)6-18)9-15(22-10)16-19-11(2)20-23-16/h3-5,10,15H,7-9H2,1-2H3/t10-,15-/m1/s1. The predicted molar refractivity (Wildman–Crippen MR) is 78.7 cm³/mol. The van der Waals surface area contributed by atoms with Gasteiger partial charge < -0.3 is 9.26 Å². The molecule has 0 radical (unpaired) electrons. The highest BCUT2D eigenvalue weighted by atomic mass is 19.1. The Balaban J connectivity index is 1.73. The van der Waals surface area contributed by atoms with Gasteiger partial charge in [-0.1, -0.05) is 11.2 Å². The number of rotatable bonds is 3. The Hall–Kier alpha value is -2.30. The fourth-order valence-corrected chi connectivity index (χ4v) is 2.76. The van der Waals surface area contributed by atoms with Crippen LogP contribution in [0.2, 0.25) is 0 Å². The summed E-state index contributed by atoms with van der Waals surface area (Å²) in [5.74, 6) is 0.548. The topological polar surface area (TPSA) is 75.2 Å². The fourth-order valence-electron chi connectivity index (χ4n) is 2.76. The number of aromatic nitrogens is 2. The average Bonchev–Trinajstić information content (AvgIpc) is 2.95. The van der Waals surface area contributed by atoms with Crippen molar-refractivity contribution in [3.8, 4) is 6.07 Å². The Kier molecular flexibility index (Phi) is 4.37. The van der Waals surface area contributed by atoms with Crippen LogP contribution in [-0.2, 0) is 11.3 Å². The maximum absolute atomic E-state index is 13.4. The molecule has 23 heavy (non-hydrogen) atoms. The number of nitriles is 1. The van der Waals surface area contributed by atoms with Crippen molar-refractivity contribution in [1.29, 1.82) is 5.26 Å². The Morgan fingerprint density at radius 2 is 2.26 bits per heavy atom. The van der Waals surface area contributed by atoms with Gasteiger partial charge in [0.05, 0.1) is 11.7 Å². The van der Waals surface area contributed by atoms with Crippen molar-refractivity contribution in [3.05, 3.63) is 46.9 Å². The van der Waals surface area contributed by atoms with E-state index in [0.29, 0.717) is 24.8 Å². The number of halogens is 1. The molecule has 120 valence electrons. The predicted octanol–water partition coefficient (Wildman–Crippen LogP) is 2.35. The number of morpholine rings is 1. The van der Waals surface area contributed by atoms with Gasteiger partial charge in [-0.15, -0.1) is 0 Å². The number of benzene rings is 1. The molecular formula is C16H17FN4O2. The second-order valence-corrected chi connectivity index (χ2v) is 5.74. The zero-order chi connectivity index (χ0) is 16.4. The minimum absolute atomic E-state index is 0.0110. The summed E-state index contributed by atoms with van der Waals surface area (Å²) in [6.07, 6.45) is -0.271. The van der Waals surface area contributed by atoms with E-state index in [1.165, 1.54) is 6.07 Å². The normalized spacial score (nSPS) is 22.0. The van der Waals surface area contributed by atoms with Gasteiger partial charge in [0.15, 0.2) is 5.82 Å². The van der Waals surface area contributed by atoms with Crippen LogP contribution in [0.3, 0.4) is 0 Å². The van der Waals surface area contributed by atoms with Crippen molar-refractivity contribution in [1.82, 2.24) is 15.0 Å². The van der Waals surface area contributed by atoms with Gasteiger partial charge in [-0.3, -0.25) is 4.90 Å². The number of nitrogens with zero attached hydrogens (tertiary/aromatic N) is 4. The van der Waals surface area contributed by atoms with Crippen LogP contribution in [0, 0.1) is 24.1 Å². The third kappa shape index (κ3) is 3.55. The highest BCUT2D eigenvalue weighted by Gasteiger charge is 2.30. The van der Waals surface area contributed by atoms with Crippen molar-refractivity contribution in [2.45, 2.75) is 32.6 Å². The molecule has 1 fully saturated rings. The lowest BCUT2D eigenvalue weighted by atomic mass is 10.1. The van der Waals surface area contributed by atoms with Gasteiger partial charge in [-0.25, -0.2) is 4.39 Å². The molecule has 1 aromatic carbocycles. The molecule has 0 aliphatic carbocycles. The molecule has 1 aliphatic rings. The van der Waals surface area contributed by atoms with Gasteiger partial charge in [-0.2, -0.15) is 10.2 Å². The smallest absolute Gasteiger partial charge is 0.257 e. The fraction of sp³-hybridized carbons (Fsp3) is 0.438. The summed E-state index contributed by atoms with van der Waals surface area (Å²) in [5, 5.41) is 12.7. The molecule has 0 amide bonds. The van der Waals surface area contributed by atoms with Gasteiger partial charge >= 0.3 is 0 Å². The van der Waals surface area contributed by atoms with E-state index in [2.05, 4.69) is 15.0 Å². The molecule has 6 nitrogen and oxygen atoms in total. The van der Waals surface area contributed by atoms with Crippen LogP contribution in [0.1, 0.15) is 35.9 Å². The van der Waals surface area contributed by atoms with Gasteiger partial charge in [0.1, 0.15) is 18.0 Å². The van der Waals surface area contributed by atoms with E-state index < -0.39 is 5.82 Å². The van der Waals surface area contributed by atoms with Gasteiger partial charge in [-0.05, 0) is 31.5 Å². The van der Waals surface area contributed by atoms with Crippen molar-refractivity contribution in [2.24, 2.45) is 0 Å². The molecule has 0 spiro atoms. The van der Waals surface area contributed by atoms with Crippen molar-refractivity contribution in [3.63, 3.8) is 0 Å². The first kappa shape index (κ1) is 15.6. The monoisotopic (exact) mass is 316 g/mol. The largest absolute Gasteiger partial charge is 0.363 e. The molecule has 7 heteroatoms. The summed E-state index contributed by atoms with van der Waals surface area (Å²) in [4.78, 5) is 6.40. The number of hydrogen-bond donors (Lipinski definition) is 0. The molecule has 2 heterocycles. The van der Waals surface area contributed by atoms with Crippen LogP contribution in [0.25, 0.3) is 0 Å². The summed E-state index contributed by atoms with van der Waals surface area (Å²) < 4.78 is 24.5. The first-order chi connectivity index (χ1) is 11.0. The minimum atomic E-state index is -0.495. The molecule has 0 N–H and O–H groups in total. The van der Waals surface area contributed by atoms with Gasteiger partial charge in [0.2, 0.25) is 0 Å². The van der Waals surface area contributed by atoms with Gasteiger partial charge in [0, 0.05) is 19.6 Å². The van der Waals surface area contributed by atoms with E-state index in [-0.39, 0.29) is 17.8 Å². The average molecular weight is 316 g/mol. The SMILES string of the molecule is Cc1noc([C@H]2CN(Cc3ccc(F)c(C#N)c3)C[C@@H](C)O2)n1. The van der Waals surface area contributed by atoms with Crippen LogP contribution in [-0.4, -0.2) is 34.2 Å². The second kappa shape index (κ2) is 6.44. The summed E-state index contributed by atoms with van der Waals surface area (Å²) >= 11 is 0. The van der Waals surface area contributed by atoms with E-state index >= 15 is 0 Å². The van der Waals surface area contributed by atoms with Gasteiger partial charge in [0.25, 0.3) is 5.89 Å². The first-order valence-electron chi connectivity index (χ1n) is 7.41. The molecule has 0 bridgehead atoms. The molecular weight excluding hydrogens is 299 g/mol. The zero-order valence-corrected chi connectivity index (χ0v) is 13.0. The molecule has 2 atom stereocenters. The second-order valence-electron chi connectivity index (χ2n) is 5.74. The minimum Gasteiger partial charge on any atom is -0.363 e. The molecule has 3 rings (SSSR count). The molecule has 0 saturated carbocycles. The number of hydrogen-bond acceptors (Lipinski definition) is 6. The van der Waals surface area contributed by atoms with Crippen LogP contribution >= 0.6 is 0 Å². The Morgan fingerprint density at radius 1 is 1.43 bits per heavy atom. The number of ether oxygens (including phenoxy) is 1. The van der Waals surface area contributed by atoms with Crippen LogP contribution in [0.4, 0.5) is 4.39 Å². The molecule has 0 unspecified atom stereocenters. The van der Waals surface area contributed by atoms with Crippen molar-refractivity contribution >= 4 is 0 Å². The van der Waals surface area contributed by atoms with E-state index in [9.17, 15) is 4.39 Å². The van der Waals surface area contributed by atoms with Crippen LogP contribution in [0.15, 0.2) is 22.7 Å². The molecule has 1 aromatic heterocycles. The van der Waals surface area contributed by atoms with Crippen LogP contribution in [0.5, 0.6) is 0 Å². The lowest BCUT2D eigenvalue weighted by Crippen LogP contribution is -2.42. The highest BCUT2D eigenvalue weighted by molar-refractivity contribution is 5.34. The van der Waals surface area contributed by atoms with Crippen LogP contribution < -0.4 is 0 Å². The van der Waals surface area contributed by atoms with E-state index in [1.54, 1.807) is 19.1 Å².